The Balaban J connectivity index is 2.13. The summed E-state index contributed by atoms with van der Waals surface area (Å²) in [5, 5.41) is 17.9. The molecule has 0 radical (unpaired) electrons. The van der Waals surface area contributed by atoms with Crippen LogP contribution in [0.3, 0.4) is 0 Å². The molecule has 1 aliphatic heterocycles. The number of benzene rings is 1. The number of hydrogen-bond acceptors (Lipinski definition) is 3. The van der Waals surface area contributed by atoms with Crippen molar-refractivity contribution in [2.24, 2.45) is 0 Å². The van der Waals surface area contributed by atoms with Crippen LogP contribution in [0.5, 0.6) is 0 Å². The molecule has 0 spiro atoms. The van der Waals surface area contributed by atoms with Gasteiger partial charge in [-0.05, 0) is 48.7 Å². The average molecular weight is 279 g/mol. The molecule has 2 rings (SSSR count). The number of aliphatic carboxylic acids is 1. The molecular formula is C15H18FNO3. The highest BCUT2D eigenvalue weighted by Gasteiger charge is 2.23. The Hall–Kier alpha value is -1.72. The zero-order valence-electron chi connectivity index (χ0n) is 11.1. The van der Waals surface area contributed by atoms with Crippen LogP contribution in [0.4, 0.5) is 4.39 Å². The lowest BCUT2D eigenvalue weighted by molar-refractivity contribution is -0.131. The minimum atomic E-state index is -1.06. The predicted octanol–water partition coefficient (Wildman–Crippen LogP) is 1.88. The third-order valence-electron chi connectivity index (χ3n) is 3.49. The zero-order chi connectivity index (χ0) is 14.5. The van der Waals surface area contributed by atoms with E-state index >= 15 is 0 Å². The van der Waals surface area contributed by atoms with Gasteiger partial charge < -0.3 is 10.2 Å². The van der Waals surface area contributed by atoms with Gasteiger partial charge in [-0.25, -0.2) is 9.18 Å². The molecule has 1 atom stereocenters. The second-order valence-corrected chi connectivity index (χ2v) is 5.01. The van der Waals surface area contributed by atoms with Gasteiger partial charge >= 0.3 is 5.97 Å². The van der Waals surface area contributed by atoms with E-state index < -0.39 is 5.97 Å². The summed E-state index contributed by atoms with van der Waals surface area (Å²) in [6, 6.07) is 4.66. The highest BCUT2D eigenvalue weighted by molar-refractivity contribution is 5.85. The molecular weight excluding hydrogens is 261 g/mol. The van der Waals surface area contributed by atoms with Crippen molar-refractivity contribution in [3.8, 4) is 0 Å². The number of nitrogens with zero attached hydrogens (tertiary/aromatic N) is 1. The van der Waals surface area contributed by atoms with Gasteiger partial charge in [-0.15, -0.1) is 0 Å². The minimum Gasteiger partial charge on any atom is -0.478 e. The van der Waals surface area contributed by atoms with Gasteiger partial charge in [0.25, 0.3) is 0 Å². The smallest absolute Gasteiger partial charge is 0.328 e. The largest absolute Gasteiger partial charge is 0.478 e. The summed E-state index contributed by atoms with van der Waals surface area (Å²) >= 11 is 0. The van der Waals surface area contributed by atoms with E-state index in [2.05, 4.69) is 4.90 Å². The number of aliphatic hydroxyl groups excluding tert-OH is 1. The molecule has 1 aliphatic rings. The van der Waals surface area contributed by atoms with Crippen molar-refractivity contribution >= 4 is 12.0 Å². The van der Waals surface area contributed by atoms with Crippen LogP contribution in [0.15, 0.2) is 24.3 Å². The van der Waals surface area contributed by atoms with Crippen molar-refractivity contribution in [1.29, 1.82) is 0 Å². The first-order valence-corrected chi connectivity index (χ1v) is 6.64. The van der Waals surface area contributed by atoms with E-state index in [1.807, 2.05) is 0 Å². The number of halogens is 1. The Morgan fingerprint density at radius 2 is 2.25 bits per heavy atom. The average Bonchev–Trinajstić information content (AvgIpc) is 2.83. The van der Waals surface area contributed by atoms with E-state index in [9.17, 15) is 14.3 Å². The molecule has 0 aliphatic carbocycles. The number of carboxylic acid groups (broad SMARTS) is 1. The van der Waals surface area contributed by atoms with Crippen LogP contribution < -0.4 is 0 Å². The molecule has 0 bridgehead atoms. The molecule has 20 heavy (non-hydrogen) atoms. The maximum absolute atomic E-state index is 13.6. The van der Waals surface area contributed by atoms with Crippen LogP contribution in [-0.4, -0.2) is 40.3 Å². The maximum atomic E-state index is 13.6. The number of aliphatic hydroxyl groups is 1. The molecule has 1 fully saturated rings. The molecule has 1 aromatic carbocycles. The standard InChI is InChI=1S/C15H18FNO3/c16-13-7-11(3-4-15(19)20)6-12(8-13)9-17-5-1-2-14(17)10-18/h3-4,6-8,14,18H,1-2,5,9-10H2,(H,19,20)/b4-3+. The number of likely N-dealkylation sites (tertiary alicyclic amines) is 1. The molecule has 0 saturated carbocycles. The van der Waals surface area contributed by atoms with Gasteiger partial charge in [-0.2, -0.15) is 0 Å². The lowest BCUT2D eigenvalue weighted by Crippen LogP contribution is -2.31. The van der Waals surface area contributed by atoms with E-state index in [4.69, 9.17) is 5.11 Å². The summed E-state index contributed by atoms with van der Waals surface area (Å²) in [6.07, 6.45) is 4.36. The van der Waals surface area contributed by atoms with Crippen molar-refractivity contribution in [1.82, 2.24) is 4.90 Å². The topological polar surface area (TPSA) is 60.8 Å². The van der Waals surface area contributed by atoms with E-state index in [1.54, 1.807) is 6.07 Å². The fourth-order valence-electron chi connectivity index (χ4n) is 2.58. The second kappa shape index (κ2) is 6.63. The van der Waals surface area contributed by atoms with Crippen molar-refractivity contribution < 1.29 is 19.4 Å². The Morgan fingerprint density at radius 3 is 2.95 bits per heavy atom. The summed E-state index contributed by atoms with van der Waals surface area (Å²) in [5.74, 6) is -1.44. The maximum Gasteiger partial charge on any atom is 0.328 e. The van der Waals surface area contributed by atoms with Gasteiger partial charge in [0.05, 0.1) is 6.61 Å². The van der Waals surface area contributed by atoms with E-state index in [-0.39, 0.29) is 18.5 Å². The molecule has 2 N–H and O–H groups in total. The van der Waals surface area contributed by atoms with Crippen LogP contribution >= 0.6 is 0 Å². The first-order chi connectivity index (χ1) is 9.58. The van der Waals surface area contributed by atoms with E-state index in [0.717, 1.165) is 31.0 Å². The monoisotopic (exact) mass is 279 g/mol. The Labute approximate surface area is 117 Å². The zero-order valence-corrected chi connectivity index (χ0v) is 11.1. The molecule has 1 aromatic rings. The third kappa shape index (κ3) is 3.88. The predicted molar refractivity (Wildman–Crippen MR) is 73.6 cm³/mol. The summed E-state index contributed by atoms with van der Waals surface area (Å²) < 4.78 is 13.6. The molecule has 1 saturated heterocycles. The molecule has 108 valence electrons. The highest BCUT2D eigenvalue weighted by atomic mass is 19.1. The van der Waals surface area contributed by atoms with Crippen molar-refractivity contribution in [2.45, 2.75) is 25.4 Å². The van der Waals surface area contributed by atoms with Gasteiger partial charge in [0.2, 0.25) is 0 Å². The Kier molecular flexibility index (Phi) is 4.87. The number of carbonyl (C=O) groups is 1. The summed E-state index contributed by atoms with van der Waals surface area (Å²) in [4.78, 5) is 12.6. The quantitative estimate of drug-likeness (QED) is 0.808. The molecule has 0 amide bonds. The summed E-state index contributed by atoms with van der Waals surface area (Å²) in [6.45, 7) is 1.57. The SMILES string of the molecule is O=C(O)/C=C/c1cc(F)cc(CN2CCCC2CO)c1. The molecule has 5 heteroatoms. The van der Waals surface area contributed by atoms with Gasteiger partial charge in [0.15, 0.2) is 0 Å². The number of carboxylic acids is 1. The van der Waals surface area contributed by atoms with E-state index in [0.29, 0.717) is 12.1 Å². The first-order valence-electron chi connectivity index (χ1n) is 6.64. The van der Waals surface area contributed by atoms with Crippen LogP contribution in [0.2, 0.25) is 0 Å². The van der Waals surface area contributed by atoms with Gasteiger partial charge in [-0.1, -0.05) is 6.07 Å². The first kappa shape index (κ1) is 14.7. The molecule has 1 unspecified atom stereocenters. The van der Waals surface area contributed by atoms with Gasteiger partial charge in [0.1, 0.15) is 5.82 Å². The third-order valence-corrected chi connectivity index (χ3v) is 3.49. The summed E-state index contributed by atoms with van der Waals surface area (Å²) in [5.41, 5.74) is 1.32. The fourth-order valence-corrected chi connectivity index (χ4v) is 2.58. The van der Waals surface area contributed by atoms with Crippen molar-refractivity contribution in [3.05, 3.63) is 41.2 Å². The Morgan fingerprint density at radius 1 is 1.45 bits per heavy atom. The lowest BCUT2D eigenvalue weighted by atomic mass is 10.1. The van der Waals surface area contributed by atoms with Crippen LogP contribution in [0, 0.1) is 5.82 Å². The number of rotatable bonds is 5. The molecule has 0 aromatic heterocycles. The van der Waals surface area contributed by atoms with Crippen LogP contribution in [0.25, 0.3) is 6.08 Å². The van der Waals surface area contributed by atoms with E-state index in [1.165, 1.54) is 18.2 Å². The lowest BCUT2D eigenvalue weighted by Gasteiger charge is -2.22. The van der Waals surface area contributed by atoms with Gasteiger partial charge in [-0.3, -0.25) is 4.90 Å². The minimum absolute atomic E-state index is 0.112. The van der Waals surface area contributed by atoms with Crippen molar-refractivity contribution in [3.63, 3.8) is 0 Å². The number of hydrogen-bond donors (Lipinski definition) is 2. The Bertz CT molecular complexity index is 516. The van der Waals surface area contributed by atoms with Gasteiger partial charge in [0, 0.05) is 18.7 Å². The van der Waals surface area contributed by atoms with Crippen LogP contribution in [-0.2, 0) is 11.3 Å². The summed E-state index contributed by atoms with van der Waals surface area (Å²) in [7, 11) is 0. The highest BCUT2D eigenvalue weighted by Crippen LogP contribution is 2.21. The van der Waals surface area contributed by atoms with Crippen LogP contribution in [0.1, 0.15) is 24.0 Å². The molecule has 4 nitrogen and oxygen atoms in total. The molecule has 1 heterocycles. The fraction of sp³-hybridized carbons (Fsp3) is 0.400. The van der Waals surface area contributed by atoms with Crippen molar-refractivity contribution in [2.75, 3.05) is 13.2 Å². The second-order valence-electron chi connectivity index (χ2n) is 5.01. The normalized spacial score (nSPS) is 19.8.